The number of carbonyl (C=O) groups is 1. The van der Waals surface area contributed by atoms with Gasteiger partial charge in [-0.1, -0.05) is 15.9 Å². The maximum Gasteiger partial charge on any atom is 0.237 e. The predicted molar refractivity (Wildman–Crippen MR) is 104 cm³/mol. The van der Waals surface area contributed by atoms with Crippen molar-refractivity contribution < 1.29 is 9.18 Å². The van der Waals surface area contributed by atoms with Gasteiger partial charge in [-0.15, -0.1) is 0 Å². The summed E-state index contributed by atoms with van der Waals surface area (Å²) in [4.78, 5) is 16.5. The molecule has 0 N–H and O–H groups in total. The Morgan fingerprint density at radius 3 is 3.04 bits per heavy atom. The molecule has 0 saturated heterocycles. The summed E-state index contributed by atoms with van der Waals surface area (Å²) in [6, 6.07) is 5.10. The van der Waals surface area contributed by atoms with Crippen LogP contribution in [0.2, 0.25) is 0 Å². The average Bonchev–Trinajstić information content (AvgIpc) is 3.00. The Bertz CT molecular complexity index is 1150. The highest BCUT2D eigenvalue weighted by molar-refractivity contribution is 9.10. The highest BCUT2D eigenvalue weighted by Gasteiger charge is 2.63. The number of aromatic nitrogens is 4. The molecule has 2 atom stereocenters. The van der Waals surface area contributed by atoms with Gasteiger partial charge in [0.25, 0.3) is 0 Å². The summed E-state index contributed by atoms with van der Waals surface area (Å²) < 4.78 is 21.6. The lowest BCUT2D eigenvalue weighted by molar-refractivity contribution is 0.0911. The zero-order valence-corrected chi connectivity index (χ0v) is 16.9. The highest BCUT2D eigenvalue weighted by Crippen LogP contribution is 2.66. The lowest BCUT2D eigenvalue weighted by Gasteiger charge is -2.15. The van der Waals surface area contributed by atoms with E-state index < -0.39 is 0 Å². The fourth-order valence-corrected chi connectivity index (χ4v) is 5.14. The fourth-order valence-electron chi connectivity index (χ4n) is 4.50. The molecule has 2 aromatic heterocycles. The van der Waals surface area contributed by atoms with E-state index in [1.807, 2.05) is 17.7 Å². The molecule has 0 radical (unpaired) electrons. The molecule has 8 heteroatoms. The molecule has 1 saturated carbocycles. The maximum atomic E-state index is 14.6. The number of benzene rings is 1. The predicted octanol–water partition coefficient (Wildman–Crippen LogP) is 3.98. The van der Waals surface area contributed by atoms with E-state index in [1.54, 1.807) is 18.5 Å². The summed E-state index contributed by atoms with van der Waals surface area (Å²) in [6.45, 7) is 0.659. The smallest absolute Gasteiger partial charge is 0.237 e. The van der Waals surface area contributed by atoms with Crippen molar-refractivity contribution in [1.29, 1.82) is 0 Å². The molecule has 1 aliphatic carbocycles. The van der Waals surface area contributed by atoms with Crippen LogP contribution in [-0.4, -0.2) is 24.6 Å². The minimum Gasteiger partial charge on any atom is -0.323 e. The van der Waals surface area contributed by atoms with E-state index >= 15 is 0 Å². The second kappa shape index (κ2) is 5.72. The Morgan fingerprint density at radius 1 is 1.48 bits per heavy atom. The summed E-state index contributed by atoms with van der Waals surface area (Å²) >= 11 is 9.07. The molecule has 0 spiro atoms. The molecular formula is C19H16BrFN4OS. The number of halogens is 2. The van der Waals surface area contributed by atoms with Crippen molar-refractivity contribution in [3.8, 4) is 0 Å². The number of hydrogen-bond donors (Lipinski definition) is 0. The van der Waals surface area contributed by atoms with Crippen molar-refractivity contribution in [3.05, 3.63) is 68.9 Å². The average molecular weight is 447 g/mol. The van der Waals surface area contributed by atoms with Crippen LogP contribution in [0.15, 0.2) is 41.4 Å². The molecule has 27 heavy (non-hydrogen) atoms. The highest BCUT2D eigenvalue weighted by atomic mass is 79.9. The third-order valence-corrected chi connectivity index (χ3v) is 6.92. The number of fused-ring (bicyclic) bond motifs is 3. The van der Waals surface area contributed by atoms with E-state index in [2.05, 4.69) is 25.5 Å². The topological polar surface area (TPSA) is 44.8 Å². The Balaban J connectivity index is 1.56. The SMILES string of the molecule is Cn1c(CC(=O)n2ccnc2)c2n(c1=S)C[C@@]1(c3cc(Br)ccc3F)C[C@@H]21. The number of nitrogens with zero attached hydrogens (tertiary/aromatic N) is 4. The van der Waals surface area contributed by atoms with Crippen LogP contribution >= 0.6 is 28.1 Å². The summed E-state index contributed by atoms with van der Waals surface area (Å²) in [6.07, 6.45) is 5.86. The van der Waals surface area contributed by atoms with Crippen molar-refractivity contribution in [2.45, 2.75) is 30.7 Å². The van der Waals surface area contributed by atoms with Gasteiger partial charge in [0.2, 0.25) is 5.91 Å². The second-order valence-electron chi connectivity index (χ2n) is 7.34. The third kappa shape index (κ3) is 2.36. The van der Waals surface area contributed by atoms with Crippen molar-refractivity contribution in [3.63, 3.8) is 0 Å². The zero-order chi connectivity index (χ0) is 18.9. The van der Waals surface area contributed by atoms with Gasteiger partial charge in [0.15, 0.2) is 4.77 Å². The molecule has 2 aliphatic rings. The van der Waals surface area contributed by atoms with Gasteiger partial charge in [-0.25, -0.2) is 9.37 Å². The minimum absolute atomic E-state index is 0.0571. The Morgan fingerprint density at radius 2 is 2.30 bits per heavy atom. The van der Waals surface area contributed by atoms with Gasteiger partial charge in [-0.05, 0) is 42.4 Å². The van der Waals surface area contributed by atoms with Crippen LogP contribution in [-0.2, 0) is 25.4 Å². The molecule has 138 valence electrons. The van der Waals surface area contributed by atoms with Crippen LogP contribution in [0, 0.1) is 10.6 Å². The fraction of sp³-hybridized carbons (Fsp3) is 0.316. The summed E-state index contributed by atoms with van der Waals surface area (Å²) in [5.74, 6) is -0.0501. The van der Waals surface area contributed by atoms with Crippen LogP contribution in [0.5, 0.6) is 0 Å². The van der Waals surface area contributed by atoms with Gasteiger partial charge in [-0.3, -0.25) is 9.36 Å². The molecule has 1 aliphatic heterocycles. The van der Waals surface area contributed by atoms with Gasteiger partial charge < -0.3 is 9.13 Å². The first-order valence-corrected chi connectivity index (χ1v) is 9.87. The maximum absolute atomic E-state index is 14.6. The van der Waals surface area contributed by atoms with Crippen molar-refractivity contribution >= 4 is 34.1 Å². The quantitative estimate of drug-likeness (QED) is 0.571. The van der Waals surface area contributed by atoms with E-state index in [4.69, 9.17) is 12.2 Å². The van der Waals surface area contributed by atoms with E-state index in [0.717, 1.165) is 27.8 Å². The zero-order valence-electron chi connectivity index (χ0n) is 14.5. The number of hydrogen-bond acceptors (Lipinski definition) is 3. The molecule has 1 fully saturated rings. The lowest BCUT2D eigenvalue weighted by atomic mass is 9.93. The Labute approximate surface area is 168 Å². The Kier molecular flexibility index (Phi) is 3.61. The first-order chi connectivity index (χ1) is 12.9. The summed E-state index contributed by atoms with van der Waals surface area (Å²) in [7, 11) is 1.90. The lowest BCUT2D eigenvalue weighted by Crippen LogP contribution is -2.16. The van der Waals surface area contributed by atoms with Gasteiger partial charge in [0.1, 0.15) is 12.1 Å². The van der Waals surface area contributed by atoms with E-state index in [9.17, 15) is 9.18 Å². The molecule has 3 aromatic rings. The number of carbonyl (C=O) groups excluding carboxylic acids is 1. The van der Waals surface area contributed by atoms with Crippen molar-refractivity contribution in [2.24, 2.45) is 7.05 Å². The summed E-state index contributed by atoms with van der Waals surface area (Å²) in [5, 5.41) is 0. The van der Waals surface area contributed by atoms with Crippen LogP contribution in [0.4, 0.5) is 4.39 Å². The molecule has 1 aromatic carbocycles. The third-order valence-electron chi connectivity index (χ3n) is 5.93. The first-order valence-electron chi connectivity index (χ1n) is 8.67. The molecule has 5 nitrogen and oxygen atoms in total. The van der Waals surface area contributed by atoms with Gasteiger partial charge >= 0.3 is 0 Å². The molecule has 0 amide bonds. The molecule has 5 rings (SSSR count). The molecule has 3 heterocycles. The van der Waals surface area contributed by atoms with Crippen molar-refractivity contribution in [1.82, 2.24) is 18.7 Å². The number of rotatable bonds is 3. The summed E-state index contributed by atoms with van der Waals surface area (Å²) in [5.41, 5.74) is 2.47. The van der Waals surface area contributed by atoms with Crippen LogP contribution in [0.1, 0.15) is 34.1 Å². The van der Waals surface area contributed by atoms with Crippen LogP contribution in [0.3, 0.4) is 0 Å². The van der Waals surface area contributed by atoms with Crippen LogP contribution in [0.25, 0.3) is 0 Å². The standard InChI is InChI=1S/C19H16BrFN4OS/c1-23-15(7-16(26)24-5-4-22-10-24)17-13-8-19(13,9-25(17)18(23)27)12-6-11(20)2-3-14(12)21/h2-6,10,13H,7-9H2,1H3/t13-,19+/m0/s1. The minimum atomic E-state index is -0.252. The monoisotopic (exact) mass is 446 g/mol. The van der Waals surface area contributed by atoms with E-state index in [-0.39, 0.29) is 29.5 Å². The first kappa shape index (κ1) is 17.1. The number of imidazole rings is 2. The Hall–Kier alpha value is -2.06. The van der Waals surface area contributed by atoms with Gasteiger partial charge in [0, 0.05) is 53.2 Å². The molecular weight excluding hydrogens is 431 g/mol. The normalized spacial score (nSPS) is 22.6. The van der Waals surface area contributed by atoms with E-state index in [1.165, 1.54) is 17.0 Å². The second-order valence-corrected chi connectivity index (χ2v) is 8.62. The molecule has 0 bridgehead atoms. The largest absolute Gasteiger partial charge is 0.323 e. The van der Waals surface area contributed by atoms with E-state index in [0.29, 0.717) is 11.3 Å². The van der Waals surface area contributed by atoms with Gasteiger partial charge in [-0.2, -0.15) is 0 Å². The van der Waals surface area contributed by atoms with Crippen molar-refractivity contribution in [2.75, 3.05) is 0 Å². The van der Waals surface area contributed by atoms with Crippen LogP contribution < -0.4 is 0 Å². The van der Waals surface area contributed by atoms with Gasteiger partial charge in [0.05, 0.1) is 6.42 Å². The molecule has 0 unspecified atom stereocenters.